The van der Waals surface area contributed by atoms with Crippen LogP contribution in [-0.4, -0.2) is 11.4 Å². The van der Waals surface area contributed by atoms with Crippen LogP contribution in [0, 0.1) is 6.92 Å². The largest absolute Gasteiger partial charge is 0.454 e. The minimum Gasteiger partial charge on any atom is -0.454 e. The fourth-order valence-corrected chi connectivity index (χ4v) is 4.25. The number of ether oxygens (including phenoxy) is 2. The summed E-state index contributed by atoms with van der Waals surface area (Å²) in [5, 5.41) is 2.17. The molecule has 140 valence electrons. The lowest BCUT2D eigenvalue weighted by Gasteiger charge is -2.10. The summed E-state index contributed by atoms with van der Waals surface area (Å²) in [5.74, 6) is 1.64. The van der Waals surface area contributed by atoms with E-state index >= 15 is 0 Å². The maximum absolute atomic E-state index is 5.52. The second kappa shape index (κ2) is 7.61. The monoisotopic (exact) mass is 380 g/mol. The van der Waals surface area contributed by atoms with Crippen molar-refractivity contribution in [1.82, 2.24) is 4.57 Å². The topological polar surface area (TPSA) is 35.8 Å². The minimum atomic E-state index is 0.303. The van der Waals surface area contributed by atoms with Crippen LogP contribution < -0.4 is 14.3 Å². The first kappa shape index (κ1) is 17.9. The van der Waals surface area contributed by atoms with Gasteiger partial charge in [-0.15, -0.1) is 11.3 Å². The number of fused-ring (bicyclic) bond motifs is 1. The molecular formula is C22H24N2O2S. The zero-order valence-corrected chi connectivity index (χ0v) is 16.8. The third-order valence-corrected chi connectivity index (χ3v) is 5.92. The maximum atomic E-state index is 5.52. The number of hydrogen-bond donors (Lipinski definition) is 0. The molecule has 0 N–H and O–H groups in total. The molecule has 27 heavy (non-hydrogen) atoms. The number of benzene rings is 2. The molecular weight excluding hydrogens is 356 g/mol. The number of thiazole rings is 1. The molecule has 4 rings (SSSR count). The molecule has 2 aromatic carbocycles. The highest BCUT2D eigenvalue weighted by Gasteiger charge is 2.14. The van der Waals surface area contributed by atoms with Crippen LogP contribution in [0.15, 0.2) is 46.8 Å². The molecule has 0 unspecified atom stereocenters. The summed E-state index contributed by atoms with van der Waals surface area (Å²) in [7, 11) is 0. The molecule has 0 fully saturated rings. The van der Waals surface area contributed by atoms with Crippen molar-refractivity contribution in [2.45, 2.75) is 40.2 Å². The summed E-state index contributed by atoms with van der Waals surface area (Å²) < 4.78 is 13.2. The average molecular weight is 381 g/mol. The van der Waals surface area contributed by atoms with Crippen LogP contribution in [0.3, 0.4) is 0 Å². The summed E-state index contributed by atoms with van der Waals surface area (Å²) in [6.07, 6.45) is 1.97. The molecule has 5 heteroatoms. The fourth-order valence-electron chi connectivity index (χ4n) is 3.37. The second-order valence-electron chi connectivity index (χ2n) is 6.68. The van der Waals surface area contributed by atoms with Gasteiger partial charge < -0.3 is 14.0 Å². The Morgan fingerprint density at radius 2 is 1.78 bits per heavy atom. The Hall–Kier alpha value is -2.53. The van der Waals surface area contributed by atoms with E-state index in [1.807, 2.05) is 6.07 Å². The predicted molar refractivity (Wildman–Crippen MR) is 109 cm³/mol. The lowest BCUT2D eigenvalue weighted by Crippen LogP contribution is -2.17. The van der Waals surface area contributed by atoms with E-state index in [0.29, 0.717) is 6.79 Å². The molecule has 1 aromatic heterocycles. The van der Waals surface area contributed by atoms with Gasteiger partial charge in [-0.1, -0.05) is 38.1 Å². The molecule has 3 aromatic rings. The van der Waals surface area contributed by atoms with Gasteiger partial charge >= 0.3 is 0 Å². The van der Waals surface area contributed by atoms with Crippen molar-refractivity contribution in [2.75, 3.05) is 6.79 Å². The third-order valence-electron chi connectivity index (χ3n) is 4.94. The number of hydrogen-bond acceptors (Lipinski definition) is 4. The molecule has 0 saturated heterocycles. The van der Waals surface area contributed by atoms with Crippen LogP contribution >= 0.6 is 11.3 Å². The van der Waals surface area contributed by atoms with Gasteiger partial charge in [-0.2, -0.15) is 0 Å². The summed E-state index contributed by atoms with van der Waals surface area (Å²) in [4.78, 5) is 6.13. The number of aryl methyl sites for hydroxylation is 3. The van der Waals surface area contributed by atoms with Gasteiger partial charge in [0, 0.05) is 11.1 Å². The zero-order valence-electron chi connectivity index (χ0n) is 16.0. The molecule has 2 heterocycles. The zero-order chi connectivity index (χ0) is 18.8. The molecule has 0 radical (unpaired) electrons. The number of para-hydroxylation sites is 1. The Morgan fingerprint density at radius 3 is 2.52 bits per heavy atom. The van der Waals surface area contributed by atoms with Crippen LogP contribution in [-0.2, 0) is 19.4 Å². The summed E-state index contributed by atoms with van der Waals surface area (Å²) in [6.45, 7) is 7.58. The average Bonchev–Trinajstić information content (AvgIpc) is 3.29. The number of aromatic nitrogens is 1. The first-order chi connectivity index (χ1) is 13.2. The van der Waals surface area contributed by atoms with Gasteiger partial charge in [0.25, 0.3) is 0 Å². The van der Waals surface area contributed by atoms with E-state index in [9.17, 15) is 0 Å². The van der Waals surface area contributed by atoms with Crippen molar-refractivity contribution in [3.8, 4) is 11.5 Å². The van der Waals surface area contributed by atoms with Gasteiger partial charge in [0.05, 0.1) is 12.2 Å². The van der Waals surface area contributed by atoms with Crippen molar-refractivity contribution < 1.29 is 9.47 Å². The van der Waals surface area contributed by atoms with Crippen LogP contribution in [0.25, 0.3) is 0 Å². The molecule has 0 saturated carbocycles. The van der Waals surface area contributed by atoms with Gasteiger partial charge in [0.15, 0.2) is 16.3 Å². The molecule has 1 aliphatic heterocycles. The minimum absolute atomic E-state index is 0.303. The van der Waals surface area contributed by atoms with Crippen LogP contribution in [0.4, 0.5) is 5.69 Å². The van der Waals surface area contributed by atoms with E-state index < -0.39 is 0 Å². The van der Waals surface area contributed by atoms with Crippen molar-refractivity contribution in [2.24, 2.45) is 4.99 Å². The Morgan fingerprint density at radius 1 is 1.04 bits per heavy atom. The van der Waals surface area contributed by atoms with Gasteiger partial charge in [-0.25, -0.2) is 4.99 Å². The fraction of sp³-hybridized carbons (Fsp3) is 0.318. The molecule has 0 spiro atoms. The van der Waals surface area contributed by atoms with E-state index in [-0.39, 0.29) is 0 Å². The van der Waals surface area contributed by atoms with Crippen molar-refractivity contribution in [3.63, 3.8) is 0 Å². The number of nitrogens with zero attached hydrogens (tertiary/aromatic N) is 2. The summed E-state index contributed by atoms with van der Waals surface area (Å²) in [6, 6.07) is 12.6. The van der Waals surface area contributed by atoms with Crippen molar-refractivity contribution >= 4 is 17.0 Å². The normalized spacial score (nSPS) is 13.4. The lowest BCUT2D eigenvalue weighted by atomic mass is 10.0. The van der Waals surface area contributed by atoms with Gasteiger partial charge in [0.2, 0.25) is 6.79 Å². The van der Waals surface area contributed by atoms with E-state index in [2.05, 4.69) is 61.1 Å². The number of rotatable bonds is 5. The molecule has 0 bridgehead atoms. The molecule has 0 atom stereocenters. The highest BCUT2D eigenvalue weighted by atomic mass is 32.1. The molecule has 1 aliphatic rings. The standard InChI is InChI=1S/C22H24N2O2S/c1-4-17-7-6-8-18(5-2)21(17)23-22-24(15(3)13-27-22)12-16-9-10-19-20(11-16)26-14-25-19/h6-11,13H,4-5,12,14H2,1-3H3. The Bertz CT molecular complexity index is 1010. The molecule has 0 amide bonds. The van der Waals surface area contributed by atoms with E-state index in [1.165, 1.54) is 22.4 Å². The van der Waals surface area contributed by atoms with Gasteiger partial charge in [0.1, 0.15) is 0 Å². The Labute approximate surface area is 163 Å². The first-order valence-electron chi connectivity index (χ1n) is 9.38. The van der Waals surface area contributed by atoms with Crippen molar-refractivity contribution in [3.05, 3.63) is 69.0 Å². The van der Waals surface area contributed by atoms with E-state index in [0.717, 1.165) is 41.4 Å². The first-order valence-corrected chi connectivity index (χ1v) is 10.3. The van der Waals surface area contributed by atoms with E-state index in [4.69, 9.17) is 14.5 Å². The molecule has 0 aliphatic carbocycles. The quantitative estimate of drug-likeness (QED) is 0.625. The predicted octanol–water partition coefficient (Wildman–Crippen LogP) is 4.99. The Balaban J connectivity index is 1.76. The second-order valence-corrected chi connectivity index (χ2v) is 7.51. The molecule has 4 nitrogen and oxygen atoms in total. The van der Waals surface area contributed by atoms with Gasteiger partial charge in [-0.05, 0) is 48.6 Å². The smallest absolute Gasteiger partial charge is 0.231 e. The van der Waals surface area contributed by atoms with Crippen molar-refractivity contribution in [1.29, 1.82) is 0 Å². The van der Waals surface area contributed by atoms with E-state index in [1.54, 1.807) is 11.3 Å². The third kappa shape index (κ3) is 3.52. The lowest BCUT2D eigenvalue weighted by molar-refractivity contribution is 0.174. The van der Waals surface area contributed by atoms with Crippen LogP contribution in [0.5, 0.6) is 11.5 Å². The highest BCUT2D eigenvalue weighted by Crippen LogP contribution is 2.32. The maximum Gasteiger partial charge on any atom is 0.231 e. The SMILES string of the molecule is CCc1cccc(CC)c1N=c1scc(C)n1Cc1ccc2c(c1)OCO2. The summed E-state index contributed by atoms with van der Waals surface area (Å²) >= 11 is 1.69. The Kier molecular flexibility index (Phi) is 5.03. The van der Waals surface area contributed by atoms with Gasteiger partial charge in [-0.3, -0.25) is 0 Å². The summed E-state index contributed by atoms with van der Waals surface area (Å²) in [5.41, 5.74) is 6.12. The van der Waals surface area contributed by atoms with Crippen LogP contribution in [0.1, 0.15) is 36.2 Å². The highest BCUT2D eigenvalue weighted by molar-refractivity contribution is 7.07. The van der Waals surface area contributed by atoms with Crippen LogP contribution in [0.2, 0.25) is 0 Å².